The molecular formula is C22H30N6S. The summed E-state index contributed by atoms with van der Waals surface area (Å²) in [5, 5.41) is 6.98. The van der Waals surface area contributed by atoms with Crippen LogP contribution in [0.2, 0.25) is 0 Å². The van der Waals surface area contributed by atoms with E-state index in [4.69, 9.17) is 22.2 Å². The highest BCUT2D eigenvalue weighted by molar-refractivity contribution is 7.80. The molecule has 0 unspecified atom stereocenters. The average molecular weight is 411 g/mol. The van der Waals surface area contributed by atoms with Gasteiger partial charge in [0.05, 0.1) is 0 Å². The molecule has 0 spiro atoms. The summed E-state index contributed by atoms with van der Waals surface area (Å²) in [6.07, 6.45) is 3.51. The molecule has 0 radical (unpaired) electrons. The molecule has 1 aromatic carbocycles. The zero-order valence-electron chi connectivity index (χ0n) is 17.3. The van der Waals surface area contributed by atoms with E-state index in [1.165, 1.54) is 24.0 Å². The lowest BCUT2D eigenvalue weighted by molar-refractivity contribution is 0.444. The van der Waals surface area contributed by atoms with Crippen LogP contribution in [0.5, 0.6) is 0 Å². The van der Waals surface area contributed by atoms with E-state index in [0.29, 0.717) is 17.0 Å². The Kier molecular flexibility index (Phi) is 6.13. The molecule has 2 N–H and O–H groups in total. The molecule has 2 aliphatic rings. The zero-order chi connectivity index (χ0) is 20.2. The third-order valence-electron chi connectivity index (χ3n) is 5.61. The summed E-state index contributed by atoms with van der Waals surface area (Å²) in [4.78, 5) is 14.3. The minimum absolute atomic E-state index is 0.570. The van der Waals surface area contributed by atoms with Crippen molar-refractivity contribution in [2.24, 2.45) is 5.92 Å². The standard InChI is InChI=1S/C22H30N6S/c1-3-10-23-22(29)26-21-24-19(27-11-6-7-16(2)13-27)12-20(25-21)28-14-17-8-4-5-9-18(17)15-28/h4-5,8-9,12,16H,3,6-7,10-11,13-15H2,1-2H3,(H2,23,24,25,26,29)/t16-/m1/s1. The van der Waals surface area contributed by atoms with Crippen LogP contribution in [0, 0.1) is 5.92 Å². The molecule has 1 fully saturated rings. The van der Waals surface area contributed by atoms with Crippen molar-refractivity contribution in [3.8, 4) is 0 Å². The van der Waals surface area contributed by atoms with E-state index in [-0.39, 0.29) is 0 Å². The molecule has 154 valence electrons. The van der Waals surface area contributed by atoms with E-state index in [9.17, 15) is 0 Å². The quantitative estimate of drug-likeness (QED) is 0.724. The fourth-order valence-corrected chi connectivity index (χ4v) is 4.27. The van der Waals surface area contributed by atoms with Gasteiger partial charge in [-0.15, -0.1) is 0 Å². The van der Waals surface area contributed by atoms with Crippen molar-refractivity contribution in [1.29, 1.82) is 0 Å². The Morgan fingerprint density at radius 2 is 1.83 bits per heavy atom. The van der Waals surface area contributed by atoms with Gasteiger partial charge in [-0.1, -0.05) is 38.1 Å². The lowest BCUT2D eigenvalue weighted by atomic mass is 10.0. The van der Waals surface area contributed by atoms with Crippen molar-refractivity contribution in [2.75, 3.05) is 34.8 Å². The minimum Gasteiger partial charge on any atom is -0.362 e. The number of thiocarbonyl (C=S) groups is 1. The van der Waals surface area contributed by atoms with Crippen LogP contribution in [-0.2, 0) is 13.1 Å². The number of rotatable bonds is 5. The molecule has 0 amide bonds. The summed E-state index contributed by atoms with van der Waals surface area (Å²) in [6.45, 7) is 9.10. The number of anilines is 3. The summed E-state index contributed by atoms with van der Waals surface area (Å²) in [6, 6.07) is 10.7. The highest BCUT2D eigenvalue weighted by atomic mass is 32.1. The maximum absolute atomic E-state index is 5.43. The molecule has 1 aromatic heterocycles. The van der Waals surface area contributed by atoms with Gasteiger partial charge >= 0.3 is 0 Å². The predicted molar refractivity (Wildman–Crippen MR) is 123 cm³/mol. The van der Waals surface area contributed by atoms with E-state index in [1.54, 1.807) is 0 Å². The van der Waals surface area contributed by atoms with Crippen molar-refractivity contribution in [3.63, 3.8) is 0 Å². The van der Waals surface area contributed by atoms with Crippen LogP contribution in [0.3, 0.4) is 0 Å². The second-order valence-corrected chi connectivity index (χ2v) is 8.52. The van der Waals surface area contributed by atoms with E-state index in [1.807, 2.05) is 0 Å². The minimum atomic E-state index is 0.570. The zero-order valence-corrected chi connectivity index (χ0v) is 18.1. The molecule has 0 aliphatic carbocycles. The van der Waals surface area contributed by atoms with Crippen LogP contribution < -0.4 is 20.4 Å². The Morgan fingerprint density at radius 3 is 2.48 bits per heavy atom. The topological polar surface area (TPSA) is 56.3 Å². The number of aromatic nitrogens is 2. The first-order valence-electron chi connectivity index (χ1n) is 10.6. The molecule has 6 nitrogen and oxygen atoms in total. The Morgan fingerprint density at radius 1 is 1.14 bits per heavy atom. The number of nitrogens with one attached hydrogen (secondary N) is 2. The summed E-state index contributed by atoms with van der Waals surface area (Å²) in [5.74, 6) is 3.19. The van der Waals surface area contributed by atoms with Gasteiger partial charge in [-0.05, 0) is 48.5 Å². The Bertz CT molecular complexity index is 845. The SMILES string of the molecule is CCCNC(=S)Nc1nc(N2Cc3ccccc3C2)cc(N2CCC[C@@H](C)C2)n1. The first kappa shape index (κ1) is 19.9. The van der Waals surface area contributed by atoms with Crippen LogP contribution in [0.25, 0.3) is 0 Å². The van der Waals surface area contributed by atoms with Crippen LogP contribution >= 0.6 is 12.2 Å². The number of nitrogens with zero attached hydrogens (tertiary/aromatic N) is 4. The molecule has 1 saturated heterocycles. The van der Waals surface area contributed by atoms with Crippen LogP contribution in [0.15, 0.2) is 30.3 Å². The molecule has 2 aliphatic heterocycles. The number of hydrogen-bond donors (Lipinski definition) is 2. The number of hydrogen-bond acceptors (Lipinski definition) is 5. The lowest BCUT2D eigenvalue weighted by Crippen LogP contribution is -2.35. The van der Waals surface area contributed by atoms with Crippen molar-refractivity contribution in [1.82, 2.24) is 15.3 Å². The molecule has 3 heterocycles. The van der Waals surface area contributed by atoms with Crippen LogP contribution in [0.4, 0.5) is 17.6 Å². The molecule has 0 bridgehead atoms. The molecular weight excluding hydrogens is 380 g/mol. The van der Waals surface area contributed by atoms with E-state index in [2.05, 4.69) is 64.6 Å². The molecule has 0 saturated carbocycles. The van der Waals surface area contributed by atoms with Gasteiger partial charge in [-0.2, -0.15) is 9.97 Å². The first-order valence-corrected chi connectivity index (χ1v) is 11.0. The van der Waals surface area contributed by atoms with E-state index >= 15 is 0 Å². The Hall–Kier alpha value is -2.41. The number of piperidine rings is 1. The smallest absolute Gasteiger partial charge is 0.232 e. The van der Waals surface area contributed by atoms with Crippen molar-refractivity contribution < 1.29 is 0 Å². The predicted octanol–water partition coefficient (Wildman–Crippen LogP) is 3.93. The van der Waals surface area contributed by atoms with Gasteiger partial charge in [0.15, 0.2) is 5.11 Å². The van der Waals surface area contributed by atoms with E-state index in [0.717, 1.165) is 50.8 Å². The van der Waals surface area contributed by atoms with Crippen molar-refractivity contribution in [3.05, 3.63) is 41.5 Å². The molecule has 7 heteroatoms. The number of benzene rings is 1. The third-order valence-corrected chi connectivity index (χ3v) is 5.85. The molecule has 4 rings (SSSR count). The second-order valence-electron chi connectivity index (χ2n) is 8.11. The summed E-state index contributed by atoms with van der Waals surface area (Å²) in [5.41, 5.74) is 2.74. The molecule has 29 heavy (non-hydrogen) atoms. The summed E-state index contributed by atoms with van der Waals surface area (Å²) in [7, 11) is 0. The lowest BCUT2D eigenvalue weighted by Gasteiger charge is -2.32. The first-order chi connectivity index (χ1) is 14.1. The highest BCUT2D eigenvalue weighted by Crippen LogP contribution is 2.31. The van der Waals surface area contributed by atoms with Gasteiger partial charge in [-0.25, -0.2) is 0 Å². The maximum atomic E-state index is 5.43. The monoisotopic (exact) mass is 410 g/mol. The van der Waals surface area contributed by atoms with Crippen molar-refractivity contribution >= 4 is 34.9 Å². The Balaban J connectivity index is 1.60. The van der Waals surface area contributed by atoms with Gasteiger partial charge in [0.2, 0.25) is 5.95 Å². The maximum Gasteiger partial charge on any atom is 0.232 e. The van der Waals surface area contributed by atoms with Gasteiger partial charge < -0.3 is 20.4 Å². The van der Waals surface area contributed by atoms with Gasteiger partial charge in [0.25, 0.3) is 0 Å². The second kappa shape index (κ2) is 8.95. The summed E-state index contributed by atoms with van der Waals surface area (Å²) < 4.78 is 0. The average Bonchev–Trinajstić information content (AvgIpc) is 3.16. The van der Waals surface area contributed by atoms with E-state index < -0.39 is 0 Å². The van der Waals surface area contributed by atoms with Crippen LogP contribution in [0.1, 0.15) is 44.2 Å². The molecule has 1 atom stereocenters. The van der Waals surface area contributed by atoms with Crippen LogP contribution in [-0.4, -0.2) is 34.7 Å². The third kappa shape index (κ3) is 4.78. The van der Waals surface area contributed by atoms with Gasteiger partial charge in [0, 0.05) is 38.8 Å². The van der Waals surface area contributed by atoms with Crippen molar-refractivity contribution in [2.45, 2.75) is 46.2 Å². The number of fused-ring (bicyclic) bond motifs is 1. The highest BCUT2D eigenvalue weighted by Gasteiger charge is 2.24. The largest absolute Gasteiger partial charge is 0.362 e. The fraction of sp³-hybridized carbons (Fsp3) is 0.500. The fourth-order valence-electron chi connectivity index (χ4n) is 4.08. The summed E-state index contributed by atoms with van der Waals surface area (Å²) >= 11 is 5.43. The molecule has 2 aromatic rings. The van der Waals surface area contributed by atoms with Gasteiger partial charge in [0.1, 0.15) is 11.6 Å². The normalized spacial score (nSPS) is 18.5. The van der Waals surface area contributed by atoms with Gasteiger partial charge in [-0.3, -0.25) is 0 Å². The Labute approximate surface area is 178 Å².